The monoisotopic (exact) mass is 231 g/mol. The van der Waals surface area contributed by atoms with E-state index in [4.69, 9.17) is 4.74 Å². The summed E-state index contributed by atoms with van der Waals surface area (Å²) in [6, 6.07) is 9.83. The number of rotatable bonds is 3. The van der Waals surface area contributed by atoms with Crippen molar-refractivity contribution >= 4 is 5.97 Å². The van der Waals surface area contributed by atoms with Crippen LogP contribution in [0.25, 0.3) is 0 Å². The standard InChI is InChI=1S/C14H17NO2/c16-13(14-7-6-12(8-14)9-15-14)17-10-11-4-2-1-3-5-11/h1-5,12,15H,6-10H2/t12-,14+/m0/s1. The van der Waals surface area contributed by atoms with E-state index in [-0.39, 0.29) is 11.5 Å². The topological polar surface area (TPSA) is 38.3 Å². The molecule has 0 amide bonds. The fourth-order valence-corrected chi connectivity index (χ4v) is 2.94. The lowest BCUT2D eigenvalue weighted by molar-refractivity contribution is -0.152. The largest absolute Gasteiger partial charge is 0.459 e. The van der Waals surface area contributed by atoms with Crippen molar-refractivity contribution in [2.45, 2.75) is 31.4 Å². The number of carbonyl (C=O) groups excluding carboxylic acids is 1. The first kappa shape index (κ1) is 10.8. The summed E-state index contributed by atoms with van der Waals surface area (Å²) in [7, 11) is 0. The van der Waals surface area contributed by atoms with Crippen LogP contribution in [0.1, 0.15) is 24.8 Å². The molecule has 1 saturated carbocycles. The third kappa shape index (κ3) is 1.95. The van der Waals surface area contributed by atoms with Gasteiger partial charge in [0, 0.05) is 0 Å². The molecule has 0 aromatic heterocycles. The fourth-order valence-electron chi connectivity index (χ4n) is 2.94. The lowest BCUT2D eigenvalue weighted by atomic mass is 10.00. The summed E-state index contributed by atoms with van der Waals surface area (Å²) in [6.45, 7) is 1.36. The van der Waals surface area contributed by atoms with Crippen LogP contribution in [0.4, 0.5) is 0 Å². The molecule has 0 unspecified atom stereocenters. The highest BCUT2D eigenvalue weighted by atomic mass is 16.5. The van der Waals surface area contributed by atoms with Crippen LogP contribution in [0, 0.1) is 5.92 Å². The Kier molecular flexibility index (Phi) is 2.63. The first-order chi connectivity index (χ1) is 8.28. The van der Waals surface area contributed by atoms with Crippen molar-refractivity contribution in [2.24, 2.45) is 5.92 Å². The van der Waals surface area contributed by atoms with Gasteiger partial charge >= 0.3 is 5.97 Å². The van der Waals surface area contributed by atoms with Gasteiger partial charge in [0.1, 0.15) is 12.1 Å². The molecule has 1 N–H and O–H groups in total. The summed E-state index contributed by atoms with van der Waals surface area (Å²) in [6.07, 6.45) is 3.05. The van der Waals surface area contributed by atoms with Gasteiger partial charge in [-0.05, 0) is 37.3 Å². The fraction of sp³-hybridized carbons (Fsp3) is 0.500. The summed E-state index contributed by atoms with van der Waals surface area (Å²) < 4.78 is 5.43. The third-order valence-corrected chi connectivity index (χ3v) is 3.95. The van der Waals surface area contributed by atoms with Crippen LogP contribution in [0.5, 0.6) is 0 Å². The number of piperidine rings is 1. The highest BCUT2D eigenvalue weighted by Crippen LogP contribution is 2.40. The second kappa shape index (κ2) is 4.15. The lowest BCUT2D eigenvalue weighted by Crippen LogP contribution is -2.48. The average molecular weight is 231 g/mol. The lowest BCUT2D eigenvalue weighted by Gasteiger charge is -2.25. The zero-order chi connectivity index (χ0) is 11.7. The molecule has 2 bridgehead atoms. The van der Waals surface area contributed by atoms with Crippen LogP contribution in [-0.4, -0.2) is 18.1 Å². The maximum Gasteiger partial charge on any atom is 0.326 e. The Morgan fingerprint density at radius 3 is 2.82 bits per heavy atom. The number of nitrogens with one attached hydrogen (secondary N) is 1. The van der Waals surface area contributed by atoms with Crippen molar-refractivity contribution in [1.29, 1.82) is 0 Å². The van der Waals surface area contributed by atoms with E-state index in [0.717, 1.165) is 31.4 Å². The number of esters is 1. The van der Waals surface area contributed by atoms with Crippen molar-refractivity contribution < 1.29 is 9.53 Å². The molecule has 2 atom stereocenters. The van der Waals surface area contributed by atoms with Gasteiger partial charge in [0.15, 0.2) is 0 Å². The normalized spacial score (nSPS) is 30.5. The average Bonchev–Trinajstić information content (AvgIpc) is 2.99. The summed E-state index contributed by atoms with van der Waals surface area (Å²) in [5.74, 6) is 0.612. The summed E-state index contributed by atoms with van der Waals surface area (Å²) in [4.78, 5) is 12.1. The zero-order valence-electron chi connectivity index (χ0n) is 9.82. The van der Waals surface area contributed by atoms with E-state index < -0.39 is 0 Å². The van der Waals surface area contributed by atoms with Crippen LogP contribution >= 0.6 is 0 Å². The molecule has 1 aliphatic carbocycles. The Morgan fingerprint density at radius 2 is 2.24 bits per heavy atom. The minimum atomic E-state index is -0.362. The van der Waals surface area contributed by atoms with Gasteiger partial charge in [-0.25, -0.2) is 0 Å². The maximum atomic E-state index is 12.1. The first-order valence-corrected chi connectivity index (χ1v) is 6.25. The number of benzene rings is 1. The van der Waals surface area contributed by atoms with Crippen LogP contribution in [-0.2, 0) is 16.1 Å². The molecule has 0 spiro atoms. The first-order valence-electron chi connectivity index (χ1n) is 6.25. The zero-order valence-corrected chi connectivity index (χ0v) is 9.82. The van der Waals surface area contributed by atoms with Crippen molar-refractivity contribution in [3.05, 3.63) is 35.9 Å². The SMILES string of the molecule is O=C(OCc1ccccc1)[C@]12CC[C@H](CN1)C2. The molecular formula is C14H17NO2. The van der Waals surface area contributed by atoms with Gasteiger partial charge < -0.3 is 10.1 Å². The summed E-state index contributed by atoms with van der Waals surface area (Å²) >= 11 is 0. The van der Waals surface area contributed by atoms with Gasteiger partial charge in [0.05, 0.1) is 0 Å². The van der Waals surface area contributed by atoms with Gasteiger partial charge in [-0.15, -0.1) is 0 Å². The Bertz CT molecular complexity index is 407. The van der Waals surface area contributed by atoms with Crippen molar-refractivity contribution in [2.75, 3.05) is 6.54 Å². The number of fused-ring (bicyclic) bond motifs is 2. The van der Waals surface area contributed by atoms with Gasteiger partial charge in [0.2, 0.25) is 0 Å². The van der Waals surface area contributed by atoms with E-state index in [9.17, 15) is 4.79 Å². The highest BCUT2D eigenvalue weighted by molar-refractivity contribution is 5.82. The quantitative estimate of drug-likeness (QED) is 0.807. The van der Waals surface area contributed by atoms with Gasteiger partial charge in [-0.1, -0.05) is 30.3 Å². The Labute approximate surface area is 101 Å². The second-order valence-electron chi connectivity index (χ2n) is 5.13. The number of ether oxygens (including phenoxy) is 1. The minimum Gasteiger partial charge on any atom is -0.459 e. The van der Waals surface area contributed by atoms with Gasteiger partial charge in [-0.2, -0.15) is 0 Å². The van der Waals surface area contributed by atoms with E-state index in [0.29, 0.717) is 12.5 Å². The van der Waals surface area contributed by atoms with Crippen molar-refractivity contribution in [3.63, 3.8) is 0 Å². The van der Waals surface area contributed by atoms with Crippen LogP contribution in [0.2, 0.25) is 0 Å². The maximum absolute atomic E-state index is 12.1. The summed E-state index contributed by atoms with van der Waals surface area (Å²) in [5, 5.41) is 3.33. The molecule has 1 aromatic rings. The molecule has 2 aliphatic rings. The molecule has 3 nitrogen and oxygen atoms in total. The Balaban J connectivity index is 1.61. The number of carbonyl (C=O) groups is 1. The minimum absolute atomic E-state index is 0.0682. The molecule has 90 valence electrons. The summed E-state index contributed by atoms with van der Waals surface area (Å²) in [5.41, 5.74) is 0.684. The predicted octanol–water partition coefficient (Wildman–Crippen LogP) is 1.87. The molecule has 1 heterocycles. The molecule has 1 aromatic carbocycles. The van der Waals surface area contributed by atoms with Gasteiger partial charge in [0.25, 0.3) is 0 Å². The van der Waals surface area contributed by atoms with Crippen LogP contribution < -0.4 is 5.32 Å². The van der Waals surface area contributed by atoms with E-state index >= 15 is 0 Å². The molecule has 17 heavy (non-hydrogen) atoms. The molecular weight excluding hydrogens is 214 g/mol. The highest BCUT2D eigenvalue weighted by Gasteiger charge is 2.51. The number of hydrogen-bond donors (Lipinski definition) is 1. The van der Waals surface area contributed by atoms with Crippen molar-refractivity contribution in [3.8, 4) is 0 Å². The van der Waals surface area contributed by atoms with Crippen LogP contribution in [0.15, 0.2) is 30.3 Å². The Morgan fingerprint density at radius 1 is 1.41 bits per heavy atom. The van der Waals surface area contributed by atoms with Gasteiger partial charge in [-0.3, -0.25) is 4.79 Å². The van der Waals surface area contributed by atoms with Crippen molar-refractivity contribution in [1.82, 2.24) is 5.32 Å². The van der Waals surface area contributed by atoms with E-state index in [2.05, 4.69) is 5.32 Å². The second-order valence-corrected chi connectivity index (χ2v) is 5.13. The molecule has 1 saturated heterocycles. The van der Waals surface area contributed by atoms with Crippen LogP contribution in [0.3, 0.4) is 0 Å². The molecule has 2 fully saturated rings. The smallest absolute Gasteiger partial charge is 0.326 e. The molecule has 0 radical (unpaired) electrons. The predicted molar refractivity (Wildman–Crippen MR) is 64.3 cm³/mol. The number of hydrogen-bond acceptors (Lipinski definition) is 3. The molecule has 3 heteroatoms. The third-order valence-electron chi connectivity index (χ3n) is 3.95. The van der Waals surface area contributed by atoms with E-state index in [1.54, 1.807) is 0 Å². The van der Waals surface area contributed by atoms with E-state index in [1.807, 2.05) is 30.3 Å². The molecule has 3 rings (SSSR count). The molecule has 1 aliphatic heterocycles. The van der Waals surface area contributed by atoms with E-state index in [1.165, 1.54) is 0 Å². The Hall–Kier alpha value is -1.35.